The maximum Gasteiger partial charge on any atom is 0.269 e. The van der Waals surface area contributed by atoms with E-state index < -0.39 is 5.91 Å². The molecule has 0 fully saturated rings. The Morgan fingerprint density at radius 2 is 2.04 bits per heavy atom. The van der Waals surface area contributed by atoms with Crippen LogP contribution in [0.15, 0.2) is 17.8 Å². The average molecular weight is 315 g/mol. The van der Waals surface area contributed by atoms with E-state index in [4.69, 9.17) is 5.73 Å². The first-order valence-corrected chi connectivity index (χ1v) is 8.12. The van der Waals surface area contributed by atoms with Gasteiger partial charge >= 0.3 is 0 Å². The van der Waals surface area contributed by atoms with Crippen LogP contribution in [0.25, 0.3) is 5.57 Å². The third kappa shape index (κ3) is 3.03. The predicted octanol–water partition coefficient (Wildman–Crippen LogP) is 1.44. The molecule has 0 radical (unpaired) electrons. The van der Waals surface area contributed by atoms with Crippen molar-refractivity contribution in [1.82, 2.24) is 19.4 Å². The lowest BCUT2D eigenvalue weighted by atomic mass is 10.0. The zero-order valence-electron chi connectivity index (χ0n) is 14.2. The standard InChI is InChI=1S/C17H25N5O/c1-20(2)13-7-5-12(6-8-13)17-19-15(16(18)23)14-11-21(3)9-4-10-22(14)17/h5,7H,4,6,8-11H2,1-3H3,(H2,18,23). The van der Waals surface area contributed by atoms with E-state index in [-0.39, 0.29) is 0 Å². The minimum Gasteiger partial charge on any atom is -0.381 e. The molecule has 1 aromatic heterocycles. The van der Waals surface area contributed by atoms with Crippen LogP contribution in [0.1, 0.15) is 41.3 Å². The number of amides is 1. The summed E-state index contributed by atoms with van der Waals surface area (Å²) < 4.78 is 2.20. The van der Waals surface area contributed by atoms with Crippen LogP contribution < -0.4 is 5.73 Å². The Balaban J connectivity index is 2.04. The van der Waals surface area contributed by atoms with Crippen LogP contribution in [0.2, 0.25) is 0 Å². The van der Waals surface area contributed by atoms with Crippen molar-refractivity contribution in [2.75, 3.05) is 27.7 Å². The van der Waals surface area contributed by atoms with Crippen LogP contribution in [0, 0.1) is 0 Å². The summed E-state index contributed by atoms with van der Waals surface area (Å²) >= 11 is 0. The van der Waals surface area contributed by atoms with Crippen molar-refractivity contribution in [3.63, 3.8) is 0 Å². The molecule has 0 aromatic carbocycles. The fraction of sp³-hybridized carbons (Fsp3) is 0.529. The molecular formula is C17H25N5O. The molecule has 6 nitrogen and oxygen atoms in total. The lowest BCUT2D eigenvalue weighted by Gasteiger charge is -2.21. The van der Waals surface area contributed by atoms with E-state index >= 15 is 0 Å². The minimum absolute atomic E-state index is 0.428. The largest absolute Gasteiger partial charge is 0.381 e. The zero-order chi connectivity index (χ0) is 16.6. The Hall–Kier alpha value is -2.08. The van der Waals surface area contributed by atoms with Gasteiger partial charge in [-0.2, -0.15) is 0 Å². The van der Waals surface area contributed by atoms with E-state index in [9.17, 15) is 4.79 Å². The Kier molecular flexibility index (Phi) is 4.26. The molecule has 2 aliphatic rings. The van der Waals surface area contributed by atoms with E-state index in [0.717, 1.165) is 50.4 Å². The van der Waals surface area contributed by atoms with Crippen LogP contribution in [0.3, 0.4) is 0 Å². The van der Waals surface area contributed by atoms with Gasteiger partial charge in [0.15, 0.2) is 5.69 Å². The lowest BCUT2D eigenvalue weighted by molar-refractivity contribution is 0.0994. The quantitative estimate of drug-likeness (QED) is 0.916. The second-order valence-corrected chi connectivity index (χ2v) is 6.58. The number of fused-ring (bicyclic) bond motifs is 1. The normalized spacial score (nSPS) is 18.7. The third-order valence-electron chi connectivity index (χ3n) is 4.64. The second-order valence-electron chi connectivity index (χ2n) is 6.58. The molecule has 1 aromatic rings. The van der Waals surface area contributed by atoms with Crippen molar-refractivity contribution in [1.29, 1.82) is 0 Å². The number of imidazole rings is 1. The number of primary amides is 1. The molecule has 6 heteroatoms. The fourth-order valence-electron chi connectivity index (χ4n) is 3.35. The molecule has 2 heterocycles. The van der Waals surface area contributed by atoms with Gasteiger partial charge in [-0.3, -0.25) is 4.79 Å². The van der Waals surface area contributed by atoms with Crippen molar-refractivity contribution >= 4 is 11.5 Å². The van der Waals surface area contributed by atoms with Crippen LogP contribution in [0.5, 0.6) is 0 Å². The highest BCUT2D eigenvalue weighted by molar-refractivity contribution is 5.92. The Morgan fingerprint density at radius 1 is 1.26 bits per heavy atom. The molecular weight excluding hydrogens is 290 g/mol. The van der Waals surface area contributed by atoms with E-state index in [1.54, 1.807) is 0 Å². The summed E-state index contributed by atoms with van der Waals surface area (Å²) in [5, 5.41) is 0. The molecule has 0 spiro atoms. The monoisotopic (exact) mass is 315 g/mol. The topological polar surface area (TPSA) is 67.4 Å². The number of aromatic nitrogens is 2. The van der Waals surface area contributed by atoms with Crippen molar-refractivity contribution in [3.05, 3.63) is 35.1 Å². The molecule has 3 rings (SSSR count). The number of carbonyl (C=O) groups excluding carboxylic acids is 1. The summed E-state index contributed by atoms with van der Waals surface area (Å²) in [5.74, 6) is 0.481. The molecule has 2 N–H and O–H groups in total. The van der Waals surface area contributed by atoms with Crippen LogP contribution in [-0.4, -0.2) is 52.9 Å². The number of rotatable bonds is 3. The minimum atomic E-state index is -0.434. The fourth-order valence-corrected chi connectivity index (χ4v) is 3.35. The molecule has 1 amide bonds. The van der Waals surface area contributed by atoms with Crippen LogP contribution in [0.4, 0.5) is 0 Å². The first kappa shape index (κ1) is 15.8. The highest BCUT2D eigenvalue weighted by atomic mass is 16.1. The van der Waals surface area contributed by atoms with Gasteiger partial charge in [0.05, 0.1) is 5.69 Å². The summed E-state index contributed by atoms with van der Waals surface area (Å²) in [6, 6.07) is 0. The molecule has 0 atom stereocenters. The van der Waals surface area contributed by atoms with E-state index in [2.05, 4.69) is 52.6 Å². The first-order chi connectivity index (χ1) is 11.0. The summed E-state index contributed by atoms with van der Waals surface area (Å²) in [6.45, 7) is 2.62. The van der Waals surface area contributed by atoms with Crippen LogP contribution >= 0.6 is 0 Å². The van der Waals surface area contributed by atoms with Crippen molar-refractivity contribution < 1.29 is 4.79 Å². The van der Waals surface area contributed by atoms with Crippen LogP contribution in [-0.2, 0) is 13.1 Å². The molecule has 1 aliphatic heterocycles. The van der Waals surface area contributed by atoms with Gasteiger partial charge in [-0.05, 0) is 44.5 Å². The SMILES string of the molecule is CN1CCCn2c(C3=CC=C(N(C)C)CC3)nc(C(N)=O)c2C1. The lowest BCUT2D eigenvalue weighted by Crippen LogP contribution is -2.21. The summed E-state index contributed by atoms with van der Waals surface area (Å²) in [6.07, 6.45) is 7.26. The van der Waals surface area contributed by atoms with Gasteiger partial charge in [-0.15, -0.1) is 0 Å². The maximum absolute atomic E-state index is 11.8. The predicted molar refractivity (Wildman–Crippen MR) is 90.7 cm³/mol. The van der Waals surface area contributed by atoms with Gasteiger partial charge in [-0.1, -0.05) is 6.08 Å². The molecule has 124 valence electrons. The van der Waals surface area contributed by atoms with Crippen molar-refractivity contribution in [3.8, 4) is 0 Å². The molecule has 0 bridgehead atoms. The highest BCUT2D eigenvalue weighted by Crippen LogP contribution is 2.30. The molecule has 0 saturated heterocycles. The van der Waals surface area contributed by atoms with E-state index in [1.165, 1.54) is 11.3 Å². The number of nitrogens with two attached hydrogens (primary N) is 1. The van der Waals surface area contributed by atoms with Gasteiger partial charge in [-0.25, -0.2) is 4.98 Å². The first-order valence-electron chi connectivity index (χ1n) is 8.12. The van der Waals surface area contributed by atoms with Gasteiger partial charge in [0.1, 0.15) is 5.82 Å². The summed E-state index contributed by atoms with van der Waals surface area (Å²) in [7, 11) is 6.19. The highest BCUT2D eigenvalue weighted by Gasteiger charge is 2.25. The smallest absolute Gasteiger partial charge is 0.269 e. The van der Waals surface area contributed by atoms with Gasteiger partial charge in [0.25, 0.3) is 5.91 Å². The molecule has 0 saturated carbocycles. The van der Waals surface area contributed by atoms with Crippen molar-refractivity contribution in [2.45, 2.75) is 32.4 Å². The van der Waals surface area contributed by atoms with Gasteiger partial charge < -0.3 is 20.1 Å². The maximum atomic E-state index is 11.8. The van der Waals surface area contributed by atoms with E-state index in [1.807, 2.05) is 0 Å². The van der Waals surface area contributed by atoms with Gasteiger partial charge in [0, 0.05) is 32.9 Å². The van der Waals surface area contributed by atoms with Crippen molar-refractivity contribution in [2.24, 2.45) is 5.73 Å². The Labute approximate surface area is 137 Å². The number of carbonyl (C=O) groups is 1. The van der Waals surface area contributed by atoms with Gasteiger partial charge in [0.2, 0.25) is 0 Å². The Morgan fingerprint density at radius 3 is 2.65 bits per heavy atom. The number of hydrogen-bond acceptors (Lipinski definition) is 4. The molecule has 23 heavy (non-hydrogen) atoms. The number of nitrogens with zero attached hydrogens (tertiary/aromatic N) is 4. The summed E-state index contributed by atoms with van der Waals surface area (Å²) in [5.41, 5.74) is 9.45. The number of hydrogen-bond donors (Lipinski definition) is 1. The third-order valence-corrected chi connectivity index (χ3v) is 4.64. The zero-order valence-corrected chi connectivity index (χ0v) is 14.2. The molecule has 1 aliphatic carbocycles. The number of allylic oxidation sites excluding steroid dienone is 4. The molecule has 0 unspecified atom stereocenters. The average Bonchev–Trinajstić information content (AvgIpc) is 2.75. The summed E-state index contributed by atoms with van der Waals surface area (Å²) in [4.78, 5) is 20.8. The van der Waals surface area contributed by atoms with E-state index in [0.29, 0.717) is 5.69 Å². The Bertz CT molecular complexity index is 683. The second kappa shape index (κ2) is 6.20.